The van der Waals surface area contributed by atoms with E-state index in [2.05, 4.69) is 5.32 Å². The number of carboxylic acids is 1. The van der Waals surface area contributed by atoms with E-state index in [0.29, 0.717) is 12.2 Å². The summed E-state index contributed by atoms with van der Waals surface area (Å²) in [4.78, 5) is 23.4. The van der Waals surface area contributed by atoms with Crippen LogP contribution >= 0.6 is 0 Å². The summed E-state index contributed by atoms with van der Waals surface area (Å²) < 4.78 is 5.71. The van der Waals surface area contributed by atoms with Crippen LogP contribution in [0, 0.1) is 12.8 Å². The Morgan fingerprint density at radius 2 is 1.90 bits per heavy atom. The Morgan fingerprint density at radius 3 is 2.38 bits per heavy atom. The van der Waals surface area contributed by atoms with Crippen molar-refractivity contribution in [1.82, 2.24) is 5.32 Å². The third-order valence-corrected chi connectivity index (χ3v) is 3.26. The van der Waals surface area contributed by atoms with Crippen molar-refractivity contribution in [2.24, 2.45) is 5.92 Å². The number of nitrogens with one attached hydrogen (secondary N) is 1. The second-order valence-electron chi connectivity index (χ2n) is 5.35. The number of carboxylic acid groups (broad SMARTS) is 1. The van der Waals surface area contributed by atoms with E-state index in [9.17, 15) is 9.59 Å². The average Bonchev–Trinajstić information content (AvgIpc) is 2.42. The van der Waals surface area contributed by atoms with Crippen molar-refractivity contribution in [1.29, 1.82) is 0 Å². The van der Waals surface area contributed by atoms with Gasteiger partial charge in [0.1, 0.15) is 11.8 Å². The molecule has 2 atom stereocenters. The summed E-state index contributed by atoms with van der Waals surface area (Å²) in [5.74, 6) is -0.996. The summed E-state index contributed by atoms with van der Waals surface area (Å²) in [6.45, 7) is 7.23. The Morgan fingerprint density at radius 1 is 1.29 bits per heavy atom. The van der Waals surface area contributed by atoms with Crippen LogP contribution in [0.25, 0.3) is 0 Å². The molecular formula is C16H23NO4. The van der Waals surface area contributed by atoms with Crippen molar-refractivity contribution in [3.8, 4) is 5.75 Å². The Kier molecular flexibility index (Phi) is 6.21. The van der Waals surface area contributed by atoms with E-state index < -0.39 is 24.0 Å². The van der Waals surface area contributed by atoms with Crippen LogP contribution in [0.4, 0.5) is 0 Å². The first-order valence-corrected chi connectivity index (χ1v) is 7.12. The van der Waals surface area contributed by atoms with Crippen molar-refractivity contribution >= 4 is 11.9 Å². The lowest BCUT2D eigenvalue weighted by Gasteiger charge is -2.23. The topological polar surface area (TPSA) is 75.6 Å². The molecule has 0 aromatic heterocycles. The van der Waals surface area contributed by atoms with E-state index in [0.717, 1.165) is 5.56 Å². The monoisotopic (exact) mass is 293 g/mol. The maximum absolute atomic E-state index is 12.2. The molecule has 0 bridgehead atoms. The number of carbonyl (C=O) groups is 2. The third kappa shape index (κ3) is 4.77. The minimum absolute atomic E-state index is 0.192. The number of aryl methyl sites for hydroxylation is 1. The van der Waals surface area contributed by atoms with E-state index >= 15 is 0 Å². The van der Waals surface area contributed by atoms with Crippen molar-refractivity contribution in [2.75, 3.05) is 0 Å². The van der Waals surface area contributed by atoms with Crippen molar-refractivity contribution in [2.45, 2.75) is 46.3 Å². The van der Waals surface area contributed by atoms with E-state index in [4.69, 9.17) is 9.84 Å². The fourth-order valence-corrected chi connectivity index (χ4v) is 1.92. The highest BCUT2D eigenvalue weighted by Crippen LogP contribution is 2.19. The Bertz CT molecular complexity index is 499. The SMILES string of the molecule is CCC(Oc1ccccc1C)C(=O)N[C@H](C(=O)O)C(C)C. The molecule has 2 N–H and O–H groups in total. The standard InChI is InChI=1S/C16H23NO4/c1-5-12(21-13-9-7-6-8-11(13)4)15(18)17-14(10(2)3)16(19)20/h6-10,12,14H,5H2,1-4H3,(H,17,18)(H,19,20)/t12?,14-/m0/s1. The number of ether oxygens (including phenoxy) is 1. The highest BCUT2D eigenvalue weighted by atomic mass is 16.5. The molecule has 1 aromatic carbocycles. The van der Waals surface area contributed by atoms with Crippen LogP contribution in [-0.2, 0) is 9.59 Å². The molecule has 0 radical (unpaired) electrons. The zero-order chi connectivity index (χ0) is 16.0. The van der Waals surface area contributed by atoms with Crippen molar-refractivity contribution < 1.29 is 19.4 Å². The number of hydrogen-bond donors (Lipinski definition) is 2. The first kappa shape index (κ1) is 17.0. The molecule has 0 aliphatic rings. The van der Waals surface area contributed by atoms with Crippen LogP contribution in [0.3, 0.4) is 0 Å². The van der Waals surface area contributed by atoms with Crippen LogP contribution in [0.5, 0.6) is 5.75 Å². The molecule has 1 amide bonds. The summed E-state index contributed by atoms with van der Waals surface area (Å²) in [5, 5.41) is 11.7. The minimum Gasteiger partial charge on any atom is -0.480 e. The van der Waals surface area contributed by atoms with Gasteiger partial charge in [0, 0.05) is 0 Å². The number of para-hydroxylation sites is 1. The molecule has 5 nitrogen and oxygen atoms in total. The maximum Gasteiger partial charge on any atom is 0.326 e. The number of benzene rings is 1. The Labute approximate surface area is 125 Å². The number of hydrogen-bond acceptors (Lipinski definition) is 3. The third-order valence-electron chi connectivity index (χ3n) is 3.26. The smallest absolute Gasteiger partial charge is 0.326 e. The zero-order valence-electron chi connectivity index (χ0n) is 12.9. The fourth-order valence-electron chi connectivity index (χ4n) is 1.92. The molecule has 1 aromatic rings. The van der Waals surface area contributed by atoms with E-state index in [1.807, 2.05) is 32.0 Å². The lowest BCUT2D eigenvalue weighted by atomic mass is 10.0. The predicted octanol–water partition coefficient (Wildman–Crippen LogP) is 2.38. The molecule has 0 spiro atoms. The first-order valence-electron chi connectivity index (χ1n) is 7.12. The van der Waals surface area contributed by atoms with Gasteiger partial charge in [0.15, 0.2) is 6.10 Å². The number of amides is 1. The van der Waals surface area contributed by atoms with Crippen LogP contribution in [0.15, 0.2) is 24.3 Å². The molecule has 0 aliphatic carbocycles. The molecule has 0 saturated heterocycles. The van der Waals surface area contributed by atoms with Gasteiger partial charge in [0.25, 0.3) is 5.91 Å². The lowest BCUT2D eigenvalue weighted by molar-refractivity contribution is -0.144. The normalized spacial score (nSPS) is 13.6. The molecule has 0 aliphatic heterocycles. The summed E-state index contributed by atoms with van der Waals surface area (Å²) >= 11 is 0. The van der Waals surface area contributed by atoms with Gasteiger partial charge in [-0.15, -0.1) is 0 Å². The van der Waals surface area contributed by atoms with Crippen molar-refractivity contribution in [3.05, 3.63) is 29.8 Å². The molecule has 0 fully saturated rings. The van der Waals surface area contributed by atoms with Gasteiger partial charge in [-0.1, -0.05) is 39.0 Å². The second kappa shape index (κ2) is 7.67. The van der Waals surface area contributed by atoms with Crippen LogP contribution in [0.2, 0.25) is 0 Å². The van der Waals surface area contributed by atoms with Gasteiger partial charge < -0.3 is 15.2 Å². The van der Waals surface area contributed by atoms with Gasteiger partial charge in [-0.2, -0.15) is 0 Å². The number of rotatable bonds is 7. The van der Waals surface area contributed by atoms with Gasteiger partial charge in [0.05, 0.1) is 0 Å². The molecule has 1 unspecified atom stereocenters. The maximum atomic E-state index is 12.2. The number of aliphatic carboxylic acids is 1. The quantitative estimate of drug-likeness (QED) is 0.809. The van der Waals surface area contributed by atoms with Gasteiger partial charge in [-0.3, -0.25) is 4.79 Å². The van der Waals surface area contributed by atoms with Gasteiger partial charge >= 0.3 is 5.97 Å². The summed E-state index contributed by atoms with van der Waals surface area (Å²) in [5.41, 5.74) is 0.933. The molecule has 0 saturated carbocycles. The molecule has 0 heterocycles. The lowest BCUT2D eigenvalue weighted by Crippen LogP contribution is -2.49. The predicted molar refractivity (Wildman–Crippen MR) is 80.3 cm³/mol. The number of carbonyl (C=O) groups excluding carboxylic acids is 1. The zero-order valence-corrected chi connectivity index (χ0v) is 12.9. The molecule has 116 valence electrons. The summed E-state index contributed by atoms with van der Waals surface area (Å²) in [7, 11) is 0. The van der Waals surface area contributed by atoms with Gasteiger partial charge in [-0.05, 0) is 30.9 Å². The van der Waals surface area contributed by atoms with Crippen LogP contribution in [-0.4, -0.2) is 29.1 Å². The first-order chi connectivity index (χ1) is 9.86. The van der Waals surface area contributed by atoms with Crippen LogP contribution < -0.4 is 10.1 Å². The van der Waals surface area contributed by atoms with Crippen LogP contribution in [0.1, 0.15) is 32.8 Å². The highest BCUT2D eigenvalue weighted by Gasteiger charge is 2.27. The highest BCUT2D eigenvalue weighted by molar-refractivity contribution is 5.86. The average molecular weight is 293 g/mol. The van der Waals surface area contributed by atoms with Gasteiger partial charge in [0.2, 0.25) is 0 Å². The van der Waals surface area contributed by atoms with E-state index in [1.54, 1.807) is 19.9 Å². The van der Waals surface area contributed by atoms with Gasteiger partial charge in [-0.25, -0.2) is 4.79 Å². The summed E-state index contributed by atoms with van der Waals surface area (Å²) in [6.07, 6.45) is -0.239. The largest absolute Gasteiger partial charge is 0.480 e. The molecule has 5 heteroatoms. The Hall–Kier alpha value is -2.04. The minimum atomic E-state index is -1.04. The summed E-state index contributed by atoms with van der Waals surface area (Å²) in [6, 6.07) is 6.51. The fraction of sp³-hybridized carbons (Fsp3) is 0.500. The second-order valence-corrected chi connectivity index (χ2v) is 5.35. The van der Waals surface area contributed by atoms with E-state index in [-0.39, 0.29) is 5.92 Å². The Balaban J connectivity index is 2.78. The molecular weight excluding hydrogens is 270 g/mol. The molecule has 1 rings (SSSR count). The van der Waals surface area contributed by atoms with E-state index in [1.165, 1.54) is 0 Å². The molecule has 21 heavy (non-hydrogen) atoms. The van der Waals surface area contributed by atoms with Crippen molar-refractivity contribution in [3.63, 3.8) is 0 Å².